The van der Waals surface area contributed by atoms with Gasteiger partial charge in [-0.25, -0.2) is 12.7 Å². The van der Waals surface area contributed by atoms with Crippen LogP contribution in [0.2, 0.25) is 0 Å². The van der Waals surface area contributed by atoms with Crippen molar-refractivity contribution in [1.82, 2.24) is 4.31 Å². The van der Waals surface area contributed by atoms with E-state index in [2.05, 4.69) is 10.6 Å². The third-order valence-corrected chi connectivity index (χ3v) is 5.63. The first-order valence-electron chi connectivity index (χ1n) is 7.83. The first kappa shape index (κ1) is 19.6. The van der Waals surface area contributed by atoms with Crippen LogP contribution >= 0.6 is 0 Å². The molecule has 0 atom stereocenters. The van der Waals surface area contributed by atoms with E-state index in [1.54, 1.807) is 43.3 Å². The van der Waals surface area contributed by atoms with E-state index in [1.165, 1.54) is 27.1 Å². The Morgan fingerprint density at radius 1 is 0.923 bits per heavy atom. The summed E-state index contributed by atoms with van der Waals surface area (Å²) in [5.74, 6) is -0.576. The van der Waals surface area contributed by atoms with Gasteiger partial charge in [0.25, 0.3) is 5.91 Å². The predicted molar refractivity (Wildman–Crippen MR) is 101 cm³/mol. The summed E-state index contributed by atoms with van der Waals surface area (Å²) in [5.41, 5.74) is 1.95. The molecule has 0 unspecified atom stereocenters. The van der Waals surface area contributed by atoms with Gasteiger partial charge in [0.1, 0.15) is 0 Å². The highest BCUT2D eigenvalue weighted by atomic mass is 32.2. The molecule has 7 nitrogen and oxygen atoms in total. The van der Waals surface area contributed by atoms with Crippen molar-refractivity contribution < 1.29 is 18.0 Å². The number of sulfonamides is 1. The number of amides is 2. The molecular formula is C18H21N3O4S. The van der Waals surface area contributed by atoms with Crippen LogP contribution in [-0.2, 0) is 14.8 Å². The van der Waals surface area contributed by atoms with E-state index < -0.39 is 10.0 Å². The maximum absolute atomic E-state index is 12.4. The topological polar surface area (TPSA) is 95.6 Å². The molecule has 0 spiro atoms. The SMILES string of the molecule is CC(=O)Nc1ccc(C(=O)Nc2ccc(C)c(S(=O)(=O)N(C)C)c2)cc1. The standard InChI is InChI=1S/C18H21N3O4S/c1-12-5-8-16(11-17(12)26(24,25)21(3)4)20-18(23)14-6-9-15(10-7-14)19-13(2)22/h5-11H,1-4H3,(H,19,22)(H,20,23). The van der Waals surface area contributed by atoms with Gasteiger partial charge in [-0.15, -0.1) is 0 Å². The Kier molecular flexibility index (Phi) is 5.79. The van der Waals surface area contributed by atoms with Crippen LogP contribution in [-0.4, -0.2) is 38.6 Å². The monoisotopic (exact) mass is 375 g/mol. The van der Waals surface area contributed by atoms with Crippen molar-refractivity contribution in [1.29, 1.82) is 0 Å². The number of nitrogens with one attached hydrogen (secondary N) is 2. The highest BCUT2D eigenvalue weighted by molar-refractivity contribution is 7.89. The van der Waals surface area contributed by atoms with Crippen LogP contribution < -0.4 is 10.6 Å². The van der Waals surface area contributed by atoms with Gasteiger partial charge >= 0.3 is 0 Å². The normalized spacial score (nSPS) is 11.3. The van der Waals surface area contributed by atoms with Crippen molar-refractivity contribution in [2.45, 2.75) is 18.7 Å². The Hall–Kier alpha value is -2.71. The number of rotatable bonds is 5. The number of aryl methyl sites for hydroxylation is 1. The maximum Gasteiger partial charge on any atom is 0.255 e. The molecule has 0 aliphatic rings. The summed E-state index contributed by atoms with van der Waals surface area (Å²) >= 11 is 0. The van der Waals surface area contributed by atoms with Crippen LogP contribution in [0.25, 0.3) is 0 Å². The largest absolute Gasteiger partial charge is 0.326 e. The third kappa shape index (κ3) is 4.47. The maximum atomic E-state index is 12.4. The van der Waals surface area contributed by atoms with Gasteiger partial charge in [-0.2, -0.15) is 0 Å². The molecule has 2 rings (SSSR count). The molecule has 138 valence electrons. The number of hydrogen-bond acceptors (Lipinski definition) is 4. The van der Waals surface area contributed by atoms with Crippen LogP contribution in [0.1, 0.15) is 22.8 Å². The number of anilines is 2. The molecule has 2 aromatic rings. The lowest BCUT2D eigenvalue weighted by Crippen LogP contribution is -2.23. The summed E-state index contributed by atoms with van der Waals surface area (Å²) in [5, 5.41) is 5.31. The Morgan fingerprint density at radius 3 is 2.04 bits per heavy atom. The van der Waals surface area contributed by atoms with Crippen molar-refractivity contribution in [2.75, 3.05) is 24.7 Å². The first-order valence-corrected chi connectivity index (χ1v) is 9.27. The molecule has 0 saturated heterocycles. The highest BCUT2D eigenvalue weighted by Gasteiger charge is 2.20. The average molecular weight is 375 g/mol. The van der Waals surface area contributed by atoms with Crippen molar-refractivity contribution in [3.8, 4) is 0 Å². The molecule has 0 heterocycles. The first-order chi connectivity index (χ1) is 12.1. The molecule has 0 aliphatic carbocycles. The van der Waals surface area contributed by atoms with E-state index in [1.807, 2.05) is 0 Å². The minimum atomic E-state index is -3.61. The Balaban J connectivity index is 2.23. The lowest BCUT2D eigenvalue weighted by atomic mass is 10.1. The van der Waals surface area contributed by atoms with E-state index >= 15 is 0 Å². The molecule has 0 saturated carbocycles. The molecular weight excluding hydrogens is 354 g/mol. The molecule has 8 heteroatoms. The van der Waals surface area contributed by atoms with E-state index in [0.29, 0.717) is 22.5 Å². The van der Waals surface area contributed by atoms with Crippen molar-refractivity contribution in [2.24, 2.45) is 0 Å². The van der Waals surface area contributed by atoms with Gasteiger partial charge in [0, 0.05) is 38.0 Å². The van der Waals surface area contributed by atoms with Crippen LogP contribution in [0.15, 0.2) is 47.4 Å². The molecule has 26 heavy (non-hydrogen) atoms. The minimum Gasteiger partial charge on any atom is -0.326 e. The summed E-state index contributed by atoms with van der Waals surface area (Å²) in [6.07, 6.45) is 0. The fourth-order valence-electron chi connectivity index (χ4n) is 2.26. The second-order valence-corrected chi connectivity index (χ2v) is 8.10. The second kappa shape index (κ2) is 7.67. The Bertz CT molecular complexity index is 935. The number of carbonyl (C=O) groups is 2. The van der Waals surface area contributed by atoms with Gasteiger partial charge in [-0.1, -0.05) is 6.07 Å². The van der Waals surface area contributed by atoms with Crippen molar-refractivity contribution in [3.63, 3.8) is 0 Å². The molecule has 2 aromatic carbocycles. The smallest absolute Gasteiger partial charge is 0.255 e. The van der Waals surface area contributed by atoms with E-state index in [9.17, 15) is 18.0 Å². The molecule has 0 aliphatic heterocycles. The molecule has 0 fully saturated rings. The third-order valence-electron chi connectivity index (χ3n) is 3.67. The summed E-state index contributed by atoms with van der Waals surface area (Å²) in [6.45, 7) is 3.10. The van der Waals surface area contributed by atoms with Gasteiger partial charge in [0.15, 0.2) is 0 Å². The quantitative estimate of drug-likeness (QED) is 0.839. The van der Waals surface area contributed by atoms with Crippen molar-refractivity contribution in [3.05, 3.63) is 53.6 Å². The molecule has 0 radical (unpaired) electrons. The van der Waals surface area contributed by atoms with Gasteiger partial charge < -0.3 is 10.6 Å². The molecule has 0 bridgehead atoms. The number of benzene rings is 2. The van der Waals surface area contributed by atoms with Gasteiger partial charge in [-0.05, 0) is 48.9 Å². The summed E-state index contributed by atoms with van der Waals surface area (Å²) in [7, 11) is -0.696. The van der Waals surface area contributed by atoms with Crippen molar-refractivity contribution >= 4 is 33.2 Å². The minimum absolute atomic E-state index is 0.140. The van der Waals surface area contributed by atoms with E-state index in [4.69, 9.17) is 0 Å². The van der Waals surface area contributed by atoms with Crippen LogP contribution in [0.4, 0.5) is 11.4 Å². The predicted octanol–water partition coefficient (Wildman–Crippen LogP) is 2.46. The van der Waals surface area contributed by atoms with Gasteiger partial charge in [0.05, 0.1) is 4.90 Å². The fourth-order valence-corrected chi connectivity index (χ4v) is 3.41. The zero-order valence-electron chi connectivity index (χ0n) is 15.0. The number of nitrogens with zero attached hydrogens (tertiary/aromatic N) is 1. The summed E-state index contributed by atoms with van der Waals surface area (Å²) < 4.78 is 25.9. The van der Waals surface area contributed by atoms with Gasteiger partial charge in [-0.3, -0.25) is 9.59 Å². The average Bonchev–Trinajstić information content (AvgIpc) is 2.56. The van der Waals surface area contributed by atoms with Gasteiger partial charge in [0.2, 0.25) is 15.9 Å². The van der Waals surface area contributed by atoms with Crippen LogP contribution in [0.3, 0.4) is 0 Å². The van der Waals surface area contributed by atoms with Crippen LogP contribution in [0, 0.1) is 6.92 Å². The Morgan fingerprint density at radius 2 is 1.50 bits per heavy atom. The van der Waals surface area contributed by atoms with Crippen LogP contribution in [0.5, 0.6) is 0 Å². The Labute approximate surface area is 153 Å². The fraction of sp³-hybridized carbons (Fsp3) is 0.222. The molecule has 2 amide bonds. The highest BCUT2D eigenvalue weighted by Crippen LogP contribution is 2.23. The second-order valence-electron chi connectivity index (χ2n) is 5.98. The molecule has 2 N–H and O–H groups in total. The van der Waals surface area contributed by atoms with E-state index in [0.717, 1.165) is 4.31 Å². The lowest BCUT2D eigenvalue weighted by Gasteiger charge is -2.15. The lowest BCUT2D eigenvalue weighted by molar-refractivity contribution is -0.114. The summed E-state index contributed by atoms with van der Waals surface area (Å²) in [4.78, 5) is 23.5. The molecule has 0 aromatic heterocycles. The zero-order valence-corrected chi connectivity index (χ0v) is 15.8. The number of hydrogen-bond donors (Lipinski definition) is 2. The number of carbonyl (C=O) groups excluding carboxylic acids is 2. The zero-order chi connectivity index (χ0) is 19.5. The van der Waals surface area contributed by atoms with E-state index in [-0.39, 0.29) is 16.7 Å². The summed E-state index contributed by atoms with van der Waals surface area (Å²) in [6, 6.07) is 11.1.